The molecule has 1 rings (SSSR count). The van der Waals surface area contributed by atoms with Crippen molar-refractivity contribution in [3.8, 4) is 11.5 Å². The number of rotatable bonds is 4. The summed E-state index contributed by atoms with van der Waals surface area (Å²) in [7, 11) is 1.31. The molecule has 0 aromatic heterocycles. The molecule has 0 heterocycles. The van der Waals surface area contributed by atoms with E-state index in [1.165, 1.54) is 19.2 Å². The first kappa shape index (κ1) is 12.3. The first-order chi connectivity index (χ1) is 7.52. The Kier molecular flexibility index (Phi) is 4.13. The molecule has 88 valence electrons. The number of phenols is 2. The Morgan fingerprint density at radius 2 is 2.12 bits per heavy atom. The van der Waals surface area contributed by atoms with Crippen molar-refractivity contribution in [3.05, 3.63) is 23.8 Å². The van der Waals surface area contributed by atoms with E-state index in [0.29, 0.717) is 6.42 Å². The van der Waals surface area contributed by atoms with Gasteiger partial charge in [0.05, 0.1) is 13.5 Å². The van der Waals surface area contributed by atoms with Crippen LogP contribution in [-0.2, 0) is 16.0 Å². The molecule has 0 aliphatic heterocycles. The highest BCUT2D eigenvalue weighted by molar-refractivity contribution is 5.69. The number of aromatic hydroxyl groups is 2. The number of carbonyl (C=O) groups is 1. The highest BCUT2D eigenvalue weighted by atomic mass is 16.5. The van der Waals surface area contributed by atoms with E-state index in [1.807, 2.05) is 0 Å². The van der Waals surface area contributed by atoms with E-state index in [4.69, 9.17) is 10.8 Å². The summed E-state index contributed by atoms with van der Waals surface area (Å²) in [5.41, 5.74) is 6.48. The van der Waals surface area contributed by atoms with Crippen LogP contribution in [0.2, 0.25) is 0 Å². The lowest BCUT2D eigenvalue weighted by Crippen LogP contribution is -2.26. The van der Waals surface area contributed by atoms with Gasteiger partial charge in [0.1, 0.15) is 0 Å². The van der Waals surface area contributed by atoms with Gasteiger partial charge in [0, 0.05) is 6.04 Å². The average molecular weight is 225 g/mol. The van der Waals surface area contributed by atoms with Crippen molar-refractivity contribution >= 4 is 5.97 Å². The molecule has 0 spiro atoms. The molecule has 0 fully saturated rings. The molecule has 1 unspecified atom stereocenters. The number of nitrogens with two attached hydrogens (primary N) is 1. The Morgan fingerprint density at radius 1 is 1.44 bits per heavy atom. The van der Waals surface area contributed by atoms with Crippen molar-refractivity contribution in [3.63, 3.8) is 0 Å². The molecule has 0 saturated heterocycles. The third kappa shape index (κ3) is 3.43. The number of esters is 1. The summed E-state index contributed by atoms with van der Waals surface area (Å²) in [6, 6.07) is 4.09. The Hall–Kier alpha value is -1.75. The summed E-state index contributed by atoms with van der Waals surface area (Å²) in [6.45, 7) is 0. The largest absolute Gasteiger partial charge is 0.504 e. The third-order valence-corrected chi connectivity index (χ3v) is 2.19. The molecule has 16 heavy (non-hydrogen) atoms. The Morgan fingerprint density at radius 3 is 2.69 bits per heavy atom. The molecule has 0 radical (unpaired) electrons. The van der Waals surface area contributed by atoms with Gasteiger partial charge in [-0.3, -0.25) is 4.79 Å². The molecular weight excluding hydrogens is 210 g/mol. The fourth-order valence-corrected chi connectivity index (χ4v) is 1.37. The van der Waals surface area contributed by atoms with Crippen LogP contribution in [0.5, 0.6) is 11.5 Å². The van der Waals surface area contributed by atoms with E-state index in [1.54, 1.807) is 6.07 Å². The molecule has 1 atom stereocenters. The number of carbonyl (C=O) groups excluding carboxylic acids is 1. The van der Waals surface area contributed by atoms with E-state index in [2.05, 4.69) is 4.74 Å². The van der Waals surface area contributed by atoms with Gasteiger partial charge < -0.3 is 20.7 Å². The second-order valence-electron chi connectivity index (χ2n) is 3.57. The van der Waals surface area contributed by atoms with E-state index in [9.17, 15) is 9.90 Å². The molecule has 1 aromatic rings. The van der Waals surface area contributed by atoms with Gasteiger partial charge in [-0.1, -0.05) is 6.07 Å². The average Bonchev–Trinajstić information content (AvgIpc) is 2.23. The van der Waals surface area contributed by atoms with Gasteiger partial charge in [0.25, 0.3) is 0 Å². The van der Waals surface area contributed by atoms with Gasteiger partial charge in [0.2, 0.25) is 0 Å². The Bertz CT molecular complexity index is 378. The fourth-order valence-electron chi connectivity index (χ4n) is 1.37. The van der Waals surface area contributed by atoms with Crippen LogP contribution in [0.1, 0.15) is 12.0 Å². The van der Waals surface area contributed by atoms with Gasteiger partial charge in [-0.15, -0.1) is 0 Å². The molecule has 0 aliphatic carbocycles. The zero-order valence-electron chi connectivity index (χ0n) is 9.01. The predicted molar refractivity (Wildman–Crippen MR) is 58.1 cm³/mol. The fraction of sp³-hybridized carbons (Fsp3) is 0.364. The maximum absolute atomic E-state index is 10.9. The molecule has 4 N–H and O–H groups in total. The van der Waals surface area contributed by atoms with Crippen molar-refractivity contribution < 1.29 is 19.7 Å². The monoisotopic (exact) mass is 225 g/mol. The highest BCUT2D eigenvalue weighted by Gasteiger charge is 2.11. The maximum atomic E-state index is 10.9. The van der Waals surface area contributed by atoms with Crippen LogP contribution in [0.4, 0.5) is 0 Å². The number of phenolic OH excluding ortho intramolecular Hbond substituents is 2. The second-order valence-corrected chi connectivity index (χ2v) is 3.57. The summed E-state index contributed by atoms with van der Waals surface area (Å²) >= 11 is 0. The van der Waals surface area contributed by atoms with Crippen LogP contribution in [0.3, 0.4) is 0 Å². The number of methoxy groups -OCH3 is 1. The smallest absolute Gasteiger partial charge is 0.307 e. The van der Waals surface area contributed by atoms with Crippen LogP contribution in [-0.4, -0.2) is 29.3 Å². The Labute approximate surface area is 93.5 Å². The molecule has 5 heteroatoms. The zero-order valence-corrected chi connectivity index (χ0v) is 9.01. The lowest BCUT2D eigenvalue weighted by atomic mass is 10.0. The van der Waals surface area contributed by atoms with Crippen molar-refractivity contribution in [2.24, 2.45) is 5.73 Å². The maximum Gasteiger partial charge on any atom is 0.307 e. The quantitative estimate of drug-likeness (QED) is 0.513. The first-order valence-electron chi connectivity index (χ1n) is 4.86. The summed E-state index contributed by atoms with van der Waals surface area (Å²) < 4.78 is 4.49. The first-order valence-corrected chi connectivity index (χ1v) is 4.86. The molecule has 0 saturated carbocycles. The van der Waals surface area contributed by atoms with E-state index in [-0.39, 0.29) is 29.9 Å². The normalized spacial score (nSPS) is 12.1. The summed E-state index contributed by atoms with van der Waals surface area (Å²) in [4.78, 5) is 10.9. The van der Waals surface area contributed by atoms with Crippen LogP contribution in [0, 0.1) is 0 Å². The van der Waals surface area contributed by atoms with Gasteiger partial charge in [-0.05, 0) is 24.1 Å². The van der Waals surface area contributed by atoms with Gasteiger partial charge in [0.15, 0.2) is 11.5 Å². The molecule has 1 aromatic carbocycles. The minimum absolute atomic E-state index is 0.123. The molecule has 0 aliphatic rings. The van der Waals surface area contributed by atoms with Crippen LogP contribution in [0.25, 0.3) is 0 Å². The predicted octanol–water partition coefficient (Wildman–Crippen LogP) is 0.531. The summed E-state index contributed by atoms with van der Waals surface area (Å²) in [5.74, 6) is -0.733. The third-order valence-electron chi connectivity index (χ3n) is 2.19. The number of ether oxygens (including phenoxy) is 1. The van der Waals surface area contributed by atoms with E-state index >= 15 is 0 Å². The van der Waals surface area contributed by atoms with Gasteiger partial charge in [-0.2, -0.15) is 0 Å². The molecular formula is C11H15NO4. The minimum Gasteiger partial charge on any atom is -0.504 e. The lowest BCUT2D eigenvalue weighted by Gasteiger charge is -2.10. The molecule has 0 bridgehead atoms. The summed E-state index contributed by atoms with van der Waals surface area (Å²) in [6.07, 6.45) is 0.557. The zero-order chi connectivity index (χ0) is 12.1. The Balaban J connectivity index is 2.59. The van der Waals surface area contributed by atoms with Crippen LogP contribution in [0.15, 0.2) is 18.2 Å². The van der Waals surface area contributed by atoms with E-state index in [0.717, 1.165) is 5.56 Å². The summed E-state index contributed by atoms with van der Waals surface area (Å²) in [5, 5.41) is 18.4. The number of hydrogen-bond donors (Lipinski definition) is 3. The SMILES string of the molecule is COC(=O)CC(N)Cc1ccc(O)c(O)c1. The van der Waals surface area contributed by atoms with Crippen LogP contribution < -0.4 is 5.73 Å². The standard InChI is InChI=1S/C11H15NO4/c1-16-11(15)6-8(12)4-7-2-3-9(13)10(14)5-7/h2-3,5,8,13-14H,4,6,12H2,1H3. The van der Waals surface area contributed by atoms with Crippen LogP contribution >= 0.6 is 0 Å². The lowest BCUT2D eigenvalue weighted by molar-refractivity contribution is -0.140. The van der Waals surface area contributed by atoms with Crippen molar-refractivity contribution in [1.29, 1.82) is 0 Å². The topological polar surface area (TPSA) is 92.8 Å². The van der Waals surface area contributed by atoms with Gasteiger partial charge in [-0.25, -0.2) is 0 Å². The van der Waals surface area contributed by atoms with Gasteiger partial charge >= 0.3 is 5.97 Å². The molecule has 0 amide bonds. The van der Waals surface area contributed by atoms with E-state index < -0.39 is 0 Å². The number of hydrogen-bond acceptors (Lipinski definition) is 5. The second kappa shape index (κ2) is 5.37. The van der Waals surface area contributed by atoms with Crippen molar-refractivity contribution in [1.82, 2.24) is 0 Å². The molecule has 5 nitrogen and oxygen atoms in total. The van der Waals surface area contributed by atoms with Crippen molar-refractivity contribution in [2.45, 2.75) is 18.9 Å². The number of benzene rings is 1. The van der Waals surface area contributed by atoms with Crippen molar-refractivity contribution in [2.75, 3.05) is 7.11 Å². The highest BCUT2D eigenvalue weighted by Crippen LogP contribution is 2.25. The minimum atomic E-state index is -0.365.